The highest BCUT2D eigenvalue weighted by Crippen LogP contribution is 2.28. The largest absolute Gasteiger partial charge is 0.493 e. The van der Waals surface area contributed by atoms with Crippen LogP contribution in [0.5, 0.6) is 11.5 Å². The van der Waals surface area contributed by atoms with Gasteiger partial charge in [0.05, 0.1) is 20.8 Å². The monoisotopic (exact) mass is 426 g/mol. The maximum Gasteiger partial charge on any atom is 0.277 e. The number of piperazine rings is 1. The standard InChI is InChI=1S/C25H35N3O3/c1-6-31-23-11-10-21(16-24(23)30-5)17-26(4)18-25(29)28-14-12-27(13-15-28)22-9-7-8-19(2)20(22)3/h7-11,16H,6,12-15,17-18H2,1-5H3/p+1. The van der Waals surface area contributed by atoms with E-state index < -0.39 is 0 Å². The summed E-state index contributed by atoms with van der Waals surface area (Å²) >= 11 is 0. The lowest BCUT2D eigenvalue weighted by molar-refractivity contribution is -0.885. The summed E-state index contributed by atoms with van der Waals surface area (Å²) in [4.78, 5) is 18.4. The van der Waals surface area contributed by atoms with Gasteiger partial charge in [0.2, 0.25) is 0 Å². The van der Waals surface area contributed by atoms with Crippen LogP contribution in [0.4, 0.5) is 5.69 Å². The van der Waals surface area contributed by atoms with E-state index >= 15 is 0 Å². The average molecular weight is 427 g/mol. The molecule has 1 N–H and O–H groups in total. The molecule has 0 saturated carbocycles. The summed E-state index contributed by atoms with van der Waals surface area (Å²) in [6, 6.07) is 12.4. The number of carbonyl (C=O) groups is 1. The molecule has 1 aliphatic rings. The van der Waals surface area contributed by atoms with E-state index in [4.69, 9.17) is 9.47 Å². The maximum absolute atomic E-state index is 12.9. The number of ether oxygens (including phenoxy) is 2. The molecule has 1 heterocycles. The highest BCUT2D eigenvalue weighted by molar-refractivity contribution is 5.77. The molecule has 0 radical (unpaired) electrons. The second-order valence-electron chi connectivity index (χ2n) is 8.32. The SMILES string of the molecule is CCOc1ccc(C[NH+](C)CC(=O)N2CCN(c3cccc(C)c3C)CC2)cc1OC. The molecule has 1 atom stereocenters. The summed E-state index contributed by atoms with van der Waals surface area (Å²) in [7, 11) is 3.72. The van der Waals surface area contributed by atoms with Crippen molar-refractivity contribution >= 4 is 11.6 Å². The Morgan fingerprint density at radius 1 is 1.06 bits per heavy atom. The molecule has 3 rings (SSSR count). The molecule has 1 amide bonds. The van der Waals surface area contributed by atoms with E-state index in [1.54, 1.807) is 7.11 Å². The summed E-state index contributed by atoms with van der Waals surface area (Å²) in [5.74, 6) is 1.71. The number of nitrogens with one attached hydrogen (secondary N) is 1. The van der Waals surface area contributed by atoms with Crippen LogP contribution in [0.2, 0.25) is 0 Å². The number of methoxy groups -OCH3 is 1. The first-order valence-corrected chi connectivity index (χ1v) is 11.1. The Hall–Kier alpha value is -2.73. The Morgan fingerprint density at radius 2 is 1.81 bits per heavy atom. The topological polar surface area (TPSA) is 46.5 Å². The van der Waals surface area contributed by atoms with Crippen molar-refractivity contribution in [2.45, 2.75) is 27.3 Å². The van der Waals surface area contributed by atoms with Crippen LogP contribution in [0.25, 0.3) is 0 Å². The second-order valence-corrected chi connectivity index (χ2v) is 8.32. The van der Waals surface area contributed by atoms with Crippen LogP contribution in [-0.2, 0) is 11.3 Å². The van der Waals surface area contributed by atoms with Crippen molar-refractivity contribution in [2.75, 3.05) is 58.4 Å². The van der Waals surface area contributed by atoms with Crippen molar-refractivity contribution in [3.63, 3.8) is 0 Å². The zero-order chi connectivity index (χ0) is 22.4. The van der Waals surface area contributed by atoms with Gasteiger partial charge in [0, 0.05) is 37.4 Å². The minimum Gasteiger partial charge on any atom is -0.493 e. The summed E-state index contributed by atoms with van der Waals surface area (Å²) < 4.78 is 11.0. The molecule has 6 nitrogen and oxygen atoms in total. The predicted octanol–water partition coefficient (Wildman–Crippen LogP) is 2.07. The third-order valence-electron chi connectivity index (χ3n) is 6.04. The van der Waals surface area contributed by atoms with E-state index in [2.05, 4.69) is 44.0 Å². The number of hydrogen-bond acceptors (Lipinski definition) is 4. The van der Waals surface area contributed by atoms with E-state index in [-0.39, 0.29) is 5.91 Å². The highest BCUT2D eigenvalue weighted by Gasteiger charge is 2.24. The number of nitrogens with zero attached hydrogens (tertiary/aromatic N) is 2. The maximum atomic E-state index is 12.9. The molecule has 2 aromatic carbocycles. The normalized spacial score (nSPS) is 15.0. The zero-order valence-corrected chi connectivity index (χ0v) is 19.5. The molecule has 6 heteroatoms. The van der Waals surface area contributed by atoms with E-state index in [0.717, 1.165) is 54.7 Å². The second kappa shape index (κ2) is 10.5. The lowest BCUT2D eigenvalue weighted by atomic mass is 10.1. The number of quaternary nitrogens is 1. The Morgan fingerprint density at radius 3 is 2.48 bits per heavy atom. The van der Waals surface area contributed by atoms with Gasteiger partial charge >= 0.3 is 0 Å². The van der Waals surface area contributed by atoms with Gasteiger partial charge in [-0.1, -0.05) is 12.1 Å². The Balaban J connectivity index is 1.52. The molecule has 2 aromatic rings. The quantitative estimate of drug-likeness (QED) is 0.702. The van der Waals surface area contributed by atoms with E-state index in [0.29, 0.717) is 13.2 Å². The number of rotatable bonds is 8. The predicted molar refractivity (Wildman–Crippen MR) is 124 cm³/mol. The third kappa shape index (κ3) is 5.70. The highest BCUT2D eigenvalue weighted by atomic mass is 16.5. The number of aryl methyl sites for hydroxylation is 1. The summed E-state index contributed by atoms with van der Waals surface area (Å²) in [5, 5.41) is 0. The lowest BCUT2D eigenvalue weighted by Gasteiger charge is -2.37. The number of likely N-dealkylation sites (N-methyl/N-ethyl adjacent to an activating group) is 1. The molecule has 168 valence electrons. The summed E-state index contributed by atoms with van der Waals surface area (Å²) in [5.41, 5.74) is 5.06. The minimum absolute atomic E-state index is 0.219. The molecular formula is C25H36N3O3+. The van der Waals surface area contributed by atoms with Crippen LogP contribution < -0.4 is 19.3 Å². The molecule has 1 fully saturated rings. The van der Waals surface area contributed by atoms with Gasteiger partial charge in [0.25, 0.3) is 5.91 Å². The minimum atomic E-state index is 0.219. The number of carbonyl (C=O) groups excluding carboxylic acids is 1. The number of benzene rings is 2. The fourth-order valence-electron chi connectivity index (χ4n) is 4.15. The molecule has 0 bridgehead atoms. The van der Waals surface area contributed by atoms with Crippen molar-refractivity contribution in [1.29, 1.82) is 0 Å². The van der Waals surface area contributed by atoms with Crippen molar-refractivity contribution in [2.24, 2.45) is 0 Å². The first-order valence-electron chi connectivity index (χ1n) is 11.1. The van der Waals surface area contributed by atoms with Crippen molar-refractivity contribution in [1.82, 2.24) is 4.90 Å². The molecule has 1 saturated heterocycles. The molecule has 0 aromatic heterocycles. The van der Waals surface area contributed by atoms with E-state index in [1.165, 1.54) is 16.8 Å². The average Bonchev–Trinajstić information content (AvgIpc) is 2.77. The molecule has 31 heavy (non-hydrogen) atoms. The zero-order valence-electron chi connectivity index (χ0n) is 19.5. The molecule has 0 aliphatic carbocycles. The lowest BCUT2D eigenvalue weighted by Crippen LogP contribution is -3.09. The van der Waals surface area contributed by atoms with Gasteiger partial charge < -0.3 is 24.2 Å². The van der Waals surface area contributed by atoms with Crippen molar-refractivity contribution < 1.29 is 19.2 Å². The fraction of sp³-hybridized carbons (Fsp3) is 0.480. The first kappa shape index (κ1) is 22.9. The first-order chi connectivity index (χ1) is 14.9. The van der Waals surface area contributed by atoms with Gasteiger partial charge in [-0.25, -0.2) is 0 Å². The van der Waals surface area contributed by atoms with Gasteiger partial charge in [-0.05, 0) is 56.2 Å². The van der Waals surface area contributed by atoms with Crippen molar-refractivity contribution in [3.8, 4) is 11.5 Å². The summed E-state index contributed by atoms with van der Waals surface area (Å²) in [6.45, 7) is 11.4. The van der Waals surface area contributed by atoms with Gasteiger partial charge in [0.1, 0.15) is 6.54 Å². The van der Waals surface area contributed by atoms with Crippen LogP contribution in [-0.4, -0.2) is 64.3 Å². The van der Waals surface area contributed by atoms with Gasteiger partial charge in [-0.3, -0.25) is 4.79 Å². The Labute approximate surface area is 186 Å². The molecule has 0 spiro atoms. The van der Waals surface area contributed by atoms with Crippen LogP contribution in [0.1, 0.15) is 23.6 Å². The Kier molecular flexibility index (Phi) is 7.80. The van der Waals surface area contributed by atoms with Gasteiger partial charge in [0.15, 0.2) is 18.0 Å². The number of amides is 1. The molecule has 1 aliphatic heterocycles. The van der Waals surface area contributed by atoms with E-state index in [1.807, 2.05) is 30.0 Å². The van der Waals surface area contributed by atoms with Crippen LogP contribution >= 0.6 is 0 Å². The summed E-state index contributed by atoms with van der Waals surface area (Å²) in [6.07, 6.45) is 0. The number of hydrogen-bond donors (Lipinski definition) is 1. The smallest absolute Gasteiger partial charge is 0.277 e. The fourth-order valence-corrected chi connectivity index (χ4v) is 4.15. The third-order valence-corrected chi connectivity index (χ3v) is 6.04. The van der Waals surface area contributed by atoms with Crippen LogP contribution in [0, 0.1) is 13.8 Å². The van der Waals surface area contributed by atoms with Gasteiger partial charge in [-0.15, -0.1) is 0 Å². The molecule has 1 unspecified atom stereocenters. The number of anilines is 1. The molecular weight excluding hydrogens is 390 g/mol. The van der Waals surface area contributed by atoms with Crippen molar-refractivity contribution in [3.05, 3.63) is 53.1 Å². The Bertz CT molecular complexity index is 892. The van der Waals surface area contributed by atoms with E-state index in [9.17, 15) is 4.79 Å². The van der Waals surface area contributed by atoms with Gasteiger partial charge in [-0.2, -0.15) is 0 Å². The van der Waals surface area contributed by atoms with Crippen LogP contribution in [0.15, 0.2) is 36.4 Å². The van der Waals surface area contributed by atoms with Crippen LogP contribution in [0.3, 0.4) is 0 Å².